The monoisotopic (exact) mass is 581 g/mol. The van der Waals surface area contributed by atoms with Gasteiger partial charge in [0.1, 0.15) is 0 Å². The lowest BCUT2D eigenvalue weighted by atomic mass is 10.1. The molecule has 0 unspecified atom stereocenters. The Hall–Kier alpha value is -1.71. The predicted molar refractivity (Wildman–Crippen MR) is 168 cm³/mol. The Labute approximate surface area is 251 Å². The Morgan fingerprint density at radius 3 is 1.71 bits per heavy atom. The molecule has 9 heteroatoms. The van der Waals surface area contributed by atoms with Crippen molar-refractivity contribution in [3.63, 3.8) is 0 Å². The van der Waals surface area contributed by atoms with Gasteiger partial charge in [-0.25, -0.2) is 0 Å². The molecule has 41 heavy (non-hydrogen) atoms. The molecule has 0 aromatic carbocycles. The van der Waals surface area contributed by atoms with Crippen LogP contribution in [0.2, 0.25) is 0 Å². The van der Waals surface area contributed by atoms with Crippen LogP contribution in [0.25, 0.3) is 0 Å². The molecule has 0 saturated carbocycles. The van der Waals surface area contributed by atoms with Crippen molar-refractivity contribution in [1.29, 1.82) is 0 Å². The van der Waals surface area contributed by atoms with Crippen molar-refractivity contribution >= 4 is 17.7 Å². The van der Waals surface area contributed by atoms with Crippen molar-refractivity contribution in [2.24, 2.45) is 17.8 Å². The zero-order chi connectivity index (χ0) is 30.5. The summed E-state index contributed by atoms with van der Waals surface area (Å²) < 4.78 is 5.18. The molecule has 3 aliphatic rings. The van der Waals surface area contributed by atoms with Crippen molar-refractivity contribution in [2.75, 3.05) is 65.6 Å². The van der Waals surface area contributed by atoms with Gasteiger partial charge in [0.25, 0.3) is 0 Å². The van der Waals surface area contributed by atoms with Gasteiger partial charge in [-0.3, -0.25) is 14.4 Å². The molecule has 9 nitrogen and oxygen atoms in total. The minimum atomic E-state index is 0.227. The summed E-state index contributed by atoms with van der Waals surface area (Å²) in [6.45, 7) is 21.8. The molecule has 0 atom stereocenters. The lowest BCUT2D eigenvalue weighted by Gasteiger charge is -2.27. The standard InChI is InChI=1S/2C11H22N2O.C10H19NO2/c1-10(2)4-5-11(14)13-8-3-6-12-7-9-13;1-9(2)3-4-11(14)13-10-5-7-12-8-6-10;1-9(2)3-4-10(12)11-5-7-13-8-6-11/h10,12H,3-9H2,1-2H3;9-10,12H,3-8H2,1-2H3,(H,13,14);9H,3-8H2,1-2H3. The van der Waals surface area contributed by atoms with Crippen molar-refractivity contribution in [1.82, 2.24) is 25.8 Å². The summed E-state index contributed by atoms with van der Waals surface area (Å²) in [4.78, 5) is 38.7. The van der Waals surface area contributed by atoms with Crippen molar-refractivity contribution in [3.05, 3.63) is 0 Å². The van der Waals surface area contributed by atoms with E-state index in [-0.39, 0.29) is 11.8 Å². The summed E-state index contributed by atoms with van der Waals surface area (Å²) in [7, 11) is 0. The molecule has 0 aromatic heterocycles. The quantitative estimate of drug-likeness (QED) is 0.363. The molecule has 0 aromatic rings. The van der Waals surface area contributed by atoms with Crippen LogP contribution in [-0.2, 0) is 19.1 Å². The average Bonchev–Trinajstić information content (AvgIpc) is 3.25. The summed E-state index contributed by atoms with van der Waals surface area (Å²) in [6.07, 6.45) is 8.35. The van der Waals surface area contributed by atoms with Crippen LogP contribution in [0.5, 0.6) is 0 Å². The van der Waals surface area contributed by atoms with Gasteiger partial charge in [-0.2, -0.15) is 0 Å². The summed E-state index contributed by atoms with van der Waals surface area (Å²) in [5.74, 6) is 2.72. The molecule has 3 N–H and O–H groups in total. The Bertz CT molecular complexity index is 696. The first-order valence-electron chi connectivity index (χ1n) is 16.4. The van der Waals surface area contributed by atoms with Crippen molar-refractivity contribution < 1.29 is 19.1 Å². The number of amides is 3. The lowest BCUT2D eigenvalue weighted by Crippen LogP contribution is -2.42. The molecule has 3 aliphatic heterocycles. The van der Waals surface area contributed by atoms with E-state index in [0.29, 0.717) is 55.8 Å². The van der Waals surface area contributed by atoms with Gasteiger partial charge >= 0.3 is 0 Å². The van der Waals surface area contributed by atoms with Crippen LogP contribution in [0.15, 0.2) is 0 Å². The summed E-state index contributed by atoms with van der Waals surface area (Å²) >= 11 is 0. The first-order chi connectivity index (χ1) is 19.6. The van der Waals surface area contributed by atoms with E-state index in [4.69, 9.17) is 4.74 Å². The van der Waals surface area contributed by atoms with E-state index in [1.54, 1.807) is 0 Å². The highest BCUT2D eigenvalue weighted by molar-refractivity contribution is 5.77. The number of hydrogen-bond acceptors (Lipinski definition) is 6. The fraction of sp³-hybridized carbons (Fsp3) is 0.906. The van der Waals surface area contributed by atoms with Gasteiger partial charge in [0.15, 0.2) is 0 Å². The molecule has 3 fully saturated rings. The molecule has 0 aliphatic carbocycles. The van der Waals surface area contributed by atoms with Crippen LogP contribution < -0.4 is 16.0 Å². The predicted octanol–water partition coefficient (Wildman–Crippen LogP) is 3.82. The van der Waals surface area contributed by atoms with Gasteiger partial charge in [-0.15, -0.1) is 0 Å². The average molecular weight is 582 g/mol. The Balaban J connectivity index is 0.000000308. The number of carbonyl (C=O) groups is 3. The summed E-state index contributed by atoms with van der Waals surface area (Å²) in [6, 6.07) is 0.413. The van der Waals surface area contributed by atoms with Gasteiger partial charge in [0, 0.05) is 58.0 Å². The van der Waals surface area contributed by atoms with Crippen molar-refractivity contribution in [2.45, 2.75) is 105 Å². The maximum Gasteiger partial charge on any atom is 0.222 e. The maximum atomic E-state index is 11.8. The van der Waals surface area contributed by atoms with E-state index in [1.807, 2.05) is 9.80 Å². The first kappa shape index (κ1) is 37.3. The van der Waals surface area contributed by atoms with Gasteiger partial charge in [-0.1, -0.05) is 41.5 Å². The molecule has 0 radical (unpaired) electrons. The van der Waals surface area contributed by atoms with E-state index in [2.05, 4.69) is 57.5 Å². The van der Waals surface area contributed by atoms with E-state index < -0.39 is 0 Å². The van der Waals surface area contributed by atoms with Gasteiger partial charge in [0.2, 0.25) is 17.7 Å². The molecule has 3 heterocycles. The largest absolute Gasteiger partial charge is 0.378 e. The highest BCUT2D eigenvalue weighted by Gasteiger charge is 2.17. The molecule has 240 valence electrons. The molecule has 3 rings (SSSR count). The van der Waals surface area contributed by atoms with E-state index in [9.17, 15) is 14.4 Å². The third kappa shape index (κ3) is 19.9. The number of nitrogens with zero attached hydrogens (tertiary/aromatic N) is 2. The SMILES string of the molecule is CC(C)CCC(=O)N1CCCNCC1.CC(C)CCC(=O)N1CCOCC1.CC(C)CCC(=O)NC1CCNCC1. The van der Waals surface area contributed by atoms with Crippen molar-refractivity contribution in [3.8, 4) is 0 Å². The smallest absolute Gasteiger partial charge is 0.222 e. The van der Waals surface area contributed by atoms with E-state index >= 15 is 0 Å². The number of hydrogen-bond donors (Lipinski definition) is 3. The highest BCUT2D eigenvalue weighted by atomic mass is 16.5. The number of nitrogens with one attached hydrogen (secondary N) is 3. The van der Waals surface area contributed by atoms with Gasteiger partial charge < -0.3 is 30.5 Å². The number of piperidine rings is 1. The number of ether oxygens (including phenoxy) is 1. The zero-order valence-corrected chi connectivity index (χ0v) is 27.3. The molecule has 0 spiro atoms. The molecule has 3 amide bonds. The summed E-state index contributed by atoms with van der Waals surface area (Å²) in [5.41, 5.74) is 0. The first-order valence-corrected chi connectivity index (χ1v) is 16.4. The lowest BCUT2D eigenvalue weighted by molar-refractivity contribution is -0.135. The number of rotatable bonds is 10. The number of morpholine rings is 1. The third-order valence-electron chi connectivity index (χ3n) is 7.58. The molecule has 3 saturated heterocycles. The molecule has 0 bridgehead atoms. The third-order valence-corrected chi connectivity index (χ3v) is 7.58. The van der Waals surface area contributed by atoms with E-state index in [1.165, 1.54) is 0 Å². The minimum Gasteiger partial charge on any atom is -0.378 e. The van der Waals surface area contributed by atoms with Gasteiger partial charge in [0.05, 0.1) is 13.2 Å². The fourth-order valence-electron chi connectivity index (χ4n) is 4.73. The van der Waals surface area contributed by atoms with Crippen LogP contribution in [0.4, 0.5) is 0 Å². The minimum absolute atomic E-state index is 0.227. The number of carbonyl (C=O) groups excluding carboxylic acids is 3. The Kier molecular flexibility index (Phi) is 20.8. The zero-order valence-electron chi connectivity index (χ0n) is 27.3. The second-order valence-corrected chi connectivity index (χ2v) is 12.9. The Morgan fingerprint density at radius 2 is 1.17 bits per heavy atom. The Morgan fingerprint density at radius 1 is 0.683 bits per heavy atom. The molecular weight excluding hydrogens is 518 g/mol. The second kappa shape index (κ2) is 22.8. The van der Waals surface area contributed by atoms with E-state index in [0.717, 1.165) is 97.3 Å². The second-order valence-electron chi connectivity index (χ2n) is 12.9. The molecular formula is C32H63N5O4. The van der Waals surface area contributed by atoms with Crippen LogP contribution >= 0.6 is 0 Å². The van der Waals surface area contributed by atoms with Crippen LogP contribution in [0.1, 0.15) is 99.3 Å². The highest BCUT2D eigenvalue weighted by Crippen LogP contribution is 2.09. The fourth-order valence-corrected chi connectivity index (χ4v) is 4.73. The summed E-state index contributed by atoms with van der Waals surface area (Å²) in [5, 5.41) is 9.69. The van der Waals surface area contributed by atoms with Crippen LogP contribution in [-0.4, -0.2) is 99.1 Å². The van der Waals surface area contributed by atoms with Crippen LogP contribution in [0, 0.1) is 17.8 Å². The van der Waals surface area contributed by atoms with Crippen LogP contribution in [0.3, 0.4) is 0 Å². The topological polar surface area (TPSA) is 103 Å². The van der Waals surface area contributed by atoms with Gasteiger partial charge in [-0.05, 0) is 75.9 Å². The normalized spacial score (nSPS) is 18.3. The maximum absolute atomic E-state index is 11.8.